The van der Waals surface area contributed by atoms with Crippen LogP contribution in [0.25, 0.3) is 0 Å². The van der Waals surface area contributed by atoms with Crippen molar-refractivity contribution < 1.29 is 29.1 Å². The van der Waals surface area contributed by atoms with E-state index < -0.39 is 15.3 Å². The summed E-state index contributed by atoms with van der Waals surface area (Å²) in [5.74, 6) is 0. The Labute approximate surface area is 116 Å². The van der Waals surface area contributed by atoms with Crippen LogP contribution < -0.4 is 22.0 Å². The largest absolute Gasteiger partial charge is 0.392 e. The topological polar surface area (TPSA) is 219 Å². The van der Waals surface area contributed by atoms with E-state index in [0.717, 1.165) is 11.1 Å². The van der Waals surface area contributed by atoms with Crippen LogP contribution in [0.2, 0.25) is 0 Å². The summed E-state index contributed by atoms with van der Waals surface area (Å²) in [6.45, 7) is 0.0711. The van der Waals surface area contributed by atoms with E-state index in [9.17, 15) is 9.13 Å². The smallest absolute Gasteiger partial charge is 0.332 e. The lowest BCUT2D eigenvalue weighted by atomic mass is 10.1. The van der Waals surface area contributed by atoms with Crippen molar-refractivity contribution in [3.8, 4) is 0 Å². The Morgan fingerprint density at radius 1 is 0.850 bits per heavy atom. The lowest BCUT2D eigenvalue weighted by molar-refractivity contribution is 0.275. The fourth-order valence-corrected chi connectivity index (χ4v) is 0.826. The van der Waals surface area contributed by atoms with Gasteiger partial charge in [0, 0.05) is 0 Å². The van der Waals surface area contributed by atoms with Crippen molar-refractivity contribution in [3.05, 3.63) is 35.4 Å². The van der Waals surface area contributed by atoms with E-state index in [0.29, 0.717) is 0 Å². The molecule has 20 heavy (non-hydrogen) atoms. The minimum absolute atomic E-state index is 0.0356. The molecular formula is C8H20N4O6P2. The molecule has 0 amide bonds. The second-order valence-electron chi connectivity index (χ2n) is 3.48. The highest BCUT2D eigenvalue weighted by molar-refractivity contribution is 7.53. The maximum atomic E-state index is 9.33. The van der Waals surface area contributed by atoms with E-state index >= 15 is 0 Å². The van der Waals surface area contributed by atoms with Crippen molar-refractivity contribution in [1.29, 1.82) is 0 Å². The van der Waals surface area contributed by atoms with Crippen LogP contribution in [0.15, 0.2) is 24.3 Å². The normalized spacial score (nSPS) is 10.8. The number of nitrogens with two attached hydrogens (primary N) is 4. The van der Waals surface area contributed by atoms with Crippen LogP contribution in [0.5, 0.6) is 0 Å². The number of aliphatic hydroxyl groups is 2. The molecule has 0 aliphatic heterocycles. The molecule has 0 fully saturated rings. The Kier molecular flexibility index (Phi) is 11.0. The molecule has 12 N–H and O–H groups in total. The van der Waals surface area contributed by atoms with E-state index in [4.69, 9.17) is 20.0 Å². The van der Waals surface area contributed by atoms with Gasteiger partial charge in [0.25, 0.3) is 0 Å². The first-order valence-electron chi connectivity index (χ1n) is 4.96. The third-order valence-corrected chi connectivity index (χ3v) is 1.36. The van der Waals surface area contributed by atoms with Gasteiger partial charge in [0.2, 0.25) is 0 Å². The van der Waals surface area contributed by atoms with Crippen LogP contribution in [0, 0.1) is 0 Å². The predicted octanol–water partition coefficient (Wildman–Crippen LogP) is -1.32. The highest BCUT2D eigenvalue weighted by Crippen LogP contribution is 2.14. The summed E-state index contributed by atoms with van der Waals surface area (Å²) in [5, 5.41) is 17.4. The molecule has 0 heterocycles. The second kappa shape index (κ2) is 10.1. The van der Waals surface area contributed by atoms with Gasteiger partial charge in [-0.05, 0) is 11.1 Å². The zero-order valence-corrected chi connectivity index (χ0v) is 12.3. The number of benzene rings is 1. The van der Waals surface area contributed by atoms with Crippen molar-refractivity contribution in [1.82, 2.24) is 0 Å². The third kappa shape index (κ3) is 26.0. The molecule has 0 unspecified atom stereocenters. The predicted molar refractivity (Wildman–Crippen MR) is 74.7 cm³/mol. The summed E-state index contributed by atoms with van der Waals surface area (Å²) in [4.78, 5) is 15.3. The molecule has 0 aliphatic carbocycles. The van der Waals surface area contributed by atoms with Gasteiger partial charge in [0.15, 0.2) is 0 Å². The Hall–Kier alpha value is -0.640. The van der Waals surface area contributed by atoms with Crippen molar-refractivity contribution in [2.75, 3.05) is 0 Å². The van der Waals surface area contributed by atoms with Crippen molar-refractivity contribution in [3.63, 3.8) is 0 Å². The molecule has 0 atom stereocenters. The summed E-state index contributed by atoms with van der Waals surface area (Å²) < 4.78 is 18.7. The standard InChI is InChI=1S/C8H10O2.2H5N2O2P/c9-5-7-2-1-3-8(4-7)6-10;2*1-5(2,3)4/h1-4,9-10H,5-6H2;2*(H5,1,2,3,4). The molecule has 1 aromatic rings. The van der Waals surface area contributed by atoms with Crippen LogP contribution in [0.1, 0.15) is 11.1 Å². The SMILES string of the molecule is NP(N)(=O)O.NP(N)(=O)O.OCc1cccc(CO)c1. The lowest BCUT2D eigenvalue weighted by Crippen LogP contribution is -2.01. The van der Waals surface area contributed by atoms with Crippen LogP contribution in [0.4, 0.5) is 0 Å². The van der Waals surface area contributed by atoms with E-state index in [1.54, 1.807) is 6.07 Å². The first-order chi connectivity index (χ1) is 8.86. The first-order valence-corrected chi connectivity index (χ1v) is 8.55. The van der Waals surface area contributed by atoms with E-state index in [1.165, 1.54) is 0 Å². The van der Waals surface area contributed by atoms with Crippen molar-refractivity contribution in [2.45, 2.75) is 13.2 Å². The molecular weight excluding hydrogens is 310 g/mol. The minimum Gasteiger partial charge on any atom is -0.392 e. The van der Waals surface area contributed by atoms with Crippen LogP contribution in [0.3, 0.4) is 0 Å². The van der Waals surface area contributed by atoms with Gasteiger partial charge in [0.1, 0.15) is 0 Å². The van der Waals surface area contributed by atoms with Crippen LogP contribution in [-0.4, -0.2) is 20.0 Å². The molecule has 0 aliphatic rings. The zero-order valence-electron chi connectivity index (χ0n) is 10.5. The average molecular weight is 330 g/mol. The average Bonchev–Trinajstić information content (AvgIpc) is 2.24. The summed E-state index contributed by atoms with van der Waals surface area (Å²) in [7, 11) is -7.28. The fraction of sp³-hybridized carbons (Fsp3) is 0.250. The third-order valence-electron chi connectivity index (χ3n) is 1.36. The van der Waals surface area contributed by atoms with Crippen LogP contribution >= 0.6 is 15.3 Å². The highest BCUT2D eigenvalue weighted by atomic mass is 31.2. The second-order valence-corrected chi connectivity index (χ2v) is 6.17. The Bertz CT molecular complexity index is 418. The summed E-state index contributed by atoms with van der Waals surface area (Å²) in [5.41, 5.74) is 18.7. The van der Waals surface area contributed by atoms with E-state index in [2.05, 4.69) is 22.0 Å². The molecule has 0 aromatic heterocycles. The molecule has 118 valence electrons. The number of rotatable bonds is 2. The van der Waals surface area contributed by atoms with Crippen molar-refractivity contribution in [2.24, 2.45) is 22.0 Å². The Balaban J connectivity index is 0. The summed E-state index contributed by atoms with van der Waals surface area (Å²) >= 11 is 0. The van der Waals surface area contributed by atoms with E-state index in [-0.39, 0.29) is 13.2 Å². The monoisotopic (exact) mass is 330 g/mol. The first kappa shape index (κ1) is 21.7. The molecule has 0 radical (unpaired) electrons. The molecule has 1 aromatic carbocycles. The molecule has 0 saturated heterocycles. The Morgan fingerprint density at radius 3 is 1.30 bits per heavy atom. The molecule has 0 saturated carbocycles. The van der Waals surface area contributed by atoms with Gasteiger partial charge < -0.3 is 20.0 Å². The fourth-order valence-electron chi connectivity index (χ4n) is 0.826. The number of hydrogen-bond acceptors (Lipinski definition) is 4. The molecule has 12 heteroatoms. The highest BCUT2D eigenvalue weighted by Gasteiger charge is 1.93. The van der Waals surface area contributed by atoms with Gasteiger partial charge in [-0.2, -0.15) is 0 Å². The number of hydrogen-bond donors (Lipinski definition) is 8. The van der Waals surface area contributed by atoms with Gasteiger partial charge in [-0.25, -0.2) is 22.0 Å². The lowest BCUT2D eigenvalue weighted by Gasteiger charge is -1.97. The van der Waals surface area contributed by atoms with Crippen LogP contribution in [-0.2, 0) is 22.3 Å². The van der Waals surface area contributed by atoms with Gasteiger partial charge >= 0.3 is 15.3 Å². The molecule has 0 spiro atoms. The quantitative estimate of drug-likeness (QED) is 0.299. The molecule has 10 nitrogen and oxygen atoms in total. The van der Waals surface area contributed by atoms with Gasteiger partial charge in [-0.15, -0.1) is 0 Å². The Morgan fingerprint density at radius 2 is 1.10 bits per heavy atom. The number of aliphatic hydroxyl groups excluding tert-OH is 2. The maximum Gasteiger partial charge on any atom is 0.332 e. The van der Waals surface area contributed by atoms with Gasteiger partial charge in [-0.1, -0.05) is 24.3 Å². The molecule has 1 rings (SSSR count). The minimum atomic E-state index is -3.64. The zero-order chi connectivity index (χ0) is 16.4. The van der Waals surface area contributed by atoms with Gasteiger partial charge in [-0.3, -0.25) is 9.13 Å². The summed E-state index contributed by atoms with van der Waals surface area (Å²) in [6, 6.07) is 7.23. The summed E-state index contributed by atoms with van der Waals surface area (Å²) in [6.07, 6.45) is 0. The maximum absolute atomic E-state index is 9.33. The van der Waals surface area contributed by atoms with Crippen molar-refractivity contribution >= 4 is 15.3 Å². The van der Waals surface area contributed by atoms with E-state index in [1.807, 2.05) is 18.2 Å². The van der Waals surface area contributed by atoms with Gasteiger partial charge in [0.05, 0.1) is 13.2 Å². The molecule has 0 bridgehead atoms.